The summed E-state index contributed by atoms with van der Waals surface area (Å²) in [6.45, 7) is 3.81. The van der Waals surface area contributed by atoms with Gasteiger partial charge in [-0.25, -0.2) is 0 Å². The summed E-state index contributed by atoms with van der Waals surface area (Å²) in [5.41, 5.74) is 0. The minimum absolute atomic E-state index is 0.137. The average Bonchev–Trinajstić information content (AvgIpc) is 2.98. The van der Waals surface area contributed by atoms with Crippen molar-refractivity contribution >= 4 is 0 Å². The molecule has 2 atom stereocenters. The lowest BCUT2D eigenvalue weighted by molar-refractivity contribution is 0.0449. The number of fused-ring (bicyclic) bond motifs is 1. The maximum Gasteiger partial charge on any atom is 0.161 e. The van der Waals surface area contributed by atoms with Crippen molar-refractivity contribution in [2.75, 3.05) is 13.2 Å². The number of ether oxygens (including phenoxy) is 2. The fraction of sp³-hybridized carbons (Fsp3) is 0.625. The Hall–Kier alpha value is -1.22. The van der Waals surface area contributed by atoms with Gasteiger partial charge in [-0.15, -0.1) is 0 Å². The molecule has 1 aromatic carbocycles. The summed E-state index contributed by atoms with van der Waals surface area (Å²) in [6, 6.07) is 8.38. The van der Waals surface area contributed by atoms with Gasteiger partial charge in [-0.2, -0.15) is 0 Å². The number of hydrogen-bond donors (Lipinski definition) is 1. The number of rotatable bonds is 4. The molecule has 1 N–H and O–H groups in total. The van der Waals surface area contributed by atoms with Crippen molar-refractivity contribution in [2.45, 2.75) is 44.8 Å². The Bertz CT molecular complexity index is 415. The first-order chi connectivity index (χ1) is 9.38. The summed E-state index contributed by atoms with van der Waals surface area (Å²) < 4.78 is 12.0. The van der Waals surface area contributed by atoms with E-state index in [1.807, 2.05) is 24.3 Å². The van der Waals surface area contributed by atoms with Gasteiger partial charge in [0.1, 0.15) is 12.7 Å². The van der Waals surface area contributed by atoms with E-state index in [1.165, 1.54) is 25.7 Å². The minimum Gasteiger partial charge on any atom is -0.486 e. The summed E-state index contributed by atoms with van der Waals surface area (Å²) in [5.74, 6) is 2.50. The molecule has 19 heavy (non-hydrogen) atoms. The van der Waals surface area contributed by atoms with Crippen molar-refractivity contribution < 1.29 is 9.47 Å². The van der Waals surface area contributed by atoms with E-state index in [0.29, 0.717) is 12.6 Å². The molecular formula is C16H23NO2. The molecule has 0 radical (unpaired) electrons. The van der Waals surface area contributed by atoms with Crippen molar-refractivity contribution in [2.24, 2.45) is 5.92 Å². The lowest BCUT2D eigenvalue weighted by Crippen LogP contribution is -2.51. The second kappa shape index (κ2) is 5.83. The molecule has 1 fully saturated rings. The number of hydrogen-bond acceptors (Lipinski definition) is 3. The van der Waals surface area contributed by atoms with E-state index >= 15 is 0 Å². The molecule has 0 bridgehead atoms. The van der Waals surface area contributed by atoms with Gasteiger partial charge in [0.05, 0.1) is 6.04 Å². The van der Waals surface area contributed by atoms with Crippen molar-refractivity contribution in [1.82, 2.24) is 5.32 Å². The van der Waals surface area contributed by atoms with Crippen LogP contribution in [0.15, 0.2) is 24.3 Å². The number of nitrogens with one attached hydrogen (secondary N) is 1. The molecule has 3 nitrogen and oxygen atoms in total. The van der Waals surface area contributed by atoms with Gasteiger partial charge in [0, 0.05) is 0 Å². The van der Waals surface area contributed by atoms with Crippen molar-refractivity contribution in [3.05, 3.63) is 24.3 Å². The van der Waals surface area contributed by atoms with Crippen LogP contribution in [0, 0.1) is 5.92 Å². The van der Waals surface area contributed by atoms with Crippen LogP contribution in [-0.2, 0) is 0 Å². The van der Waals surface area contributed by atoms with Gasteiger partial charge in [-0.1, -0.05) is 31.9 Å². The Kier molecular flexibility index (Phi) is 3.92. The highest BCUT2D eigenvalue weighted by Crippen LogP contribution is 2.35. The van der Waals surface area contributed by atoms with Crippen LogP contribution in [0.3, 0.4) is 0 Å². The molecule has 2 unspecified atom stereocenters. The van der Waals surface area contributed by atoms with Gasteiger partial charge in [0.25, 0.3) is 0 Å². The maximum absolute atomic E-state index is 6.17. The minimum atomic E-state index is 0.137. The maximum atomic E-state index is 6.17. The first-order valence-electron chi connectivity index (χ1n) is 7.50. The van der Waals surface area contributed by atoms with Crippen molar-refractivity contribution in [1.29, 1.82) is 0 Å². The molecule has 1 aromatic rings. The molecule has 3 rings (SSSR count). The Balaban J connectivity index is 1.73. The molecule has 104 valence electrons. The van der Waals surface area contributed by atoms with Crippen molar-refractivity contribution in [3.63, 3.8) is 0 Å². The van der Waals surface area contributed by atoms with Crippen LogP contribution in [0.1, 0.15) is 32.6 Å². The van der Waals surface area contributed by atoms with E-state index in [9.17, 15) is 0 Å². The quantitative estimate of drug-likeness (QED) is 0.904. The second-order valence-corrected chi connectivity index (χ2v) is 5.54. The fourth-order valence-corrected chi connectivity index (χ4v) is 3.37. The fourth-order valence-electron chi connectivity index (χ4n) is 3.37. The first kappa shape index (κ1) is 12.8. The van der Waals surface area contributed by atoms with E-state index in [1.54, 1.807) is 0 Å². The zero-order valence-electron chi connectivity index (χ0n) is 11.6. The first-order valence-corrected chi connectivity index (χ1v) is 7.50. The molecule has 1 saturated carbocycles. The van der Waals surface area contributed by atoms with Gasteiger partial charge in [0.15, 0.2) is 11.5 Å². The number of benzene rings is 1. The Labute approximate surface area is 115 Å². The average molecular weight is 261 g/mol. The van der Waals surface area contributed by atoms with Crippen LogP contribution in [0.4, 0.5) is 0 Å². The third-order valence-electron chi connectivity index (χ3n) is 4.28. The highest BCUT2D eigenvalue weighted by atomic mass is 16.6. The smallest absolute Gasteiger partial charge is 0.161 e. The van der Waals surface area contributed by atoms with Gasteiger partial charge >= 0.3 is 0 Å². The number of likely N-dealkylation sites (N-methyl/N-ethyl adjacent to an activating group) is 1. The van der Waals surface area contributed by atoms with Crippen LogP contribution in [0.25, 0.3) is 0 Å². The van der Waals surface area contributed by atoms with E-state index in [4.69, 9.17) is 9.47 Å². The molecule has 1 heterocycles. The van der Waals surface area contributed by atoms with Gasteiger partial charge in [-0.05, 0) is 37.4 Å². The molecule has 0 saturated heterocycles. The predicted molar refractivity (Wildman–Crippen MR) is 75.8 cm³/mol. The summed E-state index contributed by atoms with van der Waals surface area (Å²) in [7, 11) is 0. The van der Waals surface area contributed by atoms with Crippen LogP contribution < -0.4 is 14.8 Å². The summed E-state index contributed by atoms with van der Waals surface area (Å²) in [5, 5.41) is 3.62. The third-order valence-corrected chi connectivity index (χ3v) is 4.28. The molecule has 3 heteroatoms. The molecule has 2 aliphatic rings. The highest BCUT2D eigenvalue weighted by molar-refractivity contribution is 5.40. The Morgan fingerprint density at radius 1 is 1.21 bits per heavy atom. The molecule has 1 aliphatic heterocycles. The SMILES string of the molecule is CCNC(C1CCCC1)C1COc2ccccc2O1. The zero-order valence-corrected chi connectivity index (χ0v) is 11.6. The highest BCUT2D eigenvalue weighted by Gasteiger charge is 2.35. The van der Waals surface area contributed by atoms with E-state index in [2.05, 4.69) is 12.2 Å². The molecular weight excluding hydrogens is 238 g/mol. The predicted octanol–water partition coefficient (Wildman–Crippen LogP) is 2.99. The van der Waals surface area contributed by atoms with Crippen LogP contribution in [0.2, 0.25) is 0 Å². The lowest BCUT2D eigenvalue weighted by Gasteiger charge is -2.35. The number of para-hydroxylation sites is 2. The van der Waals surface area contributed by atoms with E-state index in [0.717, 1.165) is 24.0 Å². The van der Waals surface area contributed by atoms with Gasteiger partial charge in [0.2, 0.25) is 0 Å². The van der Waals surface area contributed by atoms with E-state index < -0.39 is 0 Å². The van der Waals surface area contributed by atoms with Gasteiger partial charge in [-0.3, -0.25) is 0 Å². The topological polar surface area (TPSA) is 30.5 Å². The van der Waals surface area contributed by atoms with Crippen LogP contribution >= 0.6 is 0 Å². The molecule has 0 spiro atoms. The standard InChI is InChI=1S/C16H23NO2/c1-2-17-16(12-7-3-4-8-12)15-11-18-13-9-5-6-10-14(13)19-15/h5-6,9-10,12,15-17H,2-4,7-8,11H2,1H3. The van der Waals surface area contributed by atoms with Crippen molar-refractivity contribution in [3.8, 4) is 11.5 Å². The monoisotopic (exact) mass is 261 g/mol. The van der Waals surface area contributed by atoms with Crippen LogP contribution in [0.5, 0.6) is 11.5 Å². The van der Waals surface area contributed by atoms with E-state index in [-0.39, 0.29) is 6.10 Å². The molecule has 0 amide bonds. The van der Waals surface area contributed by atoms with Gasteiger partial charge < -0.3 is 14.8 Å². The lowest BCUT2D eigenvalue weighted by atomic mass is 9.93. The Morgan fingerprint density at radius 3 is 2.68 bits per heavy atom. The summed E-state index contributed by atoms with van der Waals surface area (Å²) in [6.07, 6.45) is 5.49. The third kappa shape index (κ3) is 2.71. The molecule has 1 aliphatic carbocycles. The molecule has 0 aromatic heterocycles. The van der Waals surface area contributed by atoms with Crippen LogP contribution in [-0.4, -0.2) is 25.3 Å². The summed E-state index contributed by atoms with van der Waals surface area (Å²) >= 11 is 0. The largest absolute Gasteiger partial charge is 0.486 e. The normalized spacial score (nSPS) is 24.4. The second-order valence-electron chi connectivity index (χ2n) is 5.54. The Morgan fingerprint density at radius 2 is 1.95 bits per heavy atom. The summed E-state index contributed by atoms with van der Waals surface area (Å²) in [4.78, 5) is 0. The zero-order chi connectivity index (χ0) is 13.1.